The van der Waals surface area contributed by atoms with Crippen LogP contribution in [0.5, 0.6) is 0 Å². The Kier molecular flexibility index (Phi) is 5.62. The second-order valence-corrected chi connectivity index (χ2v) is 22.6. The molecule has 0 radical (unpaired) electrons. The van der Waals surface area contributed by atoms with Crippen molar-refractivity contribution in [2.75, 3.05) is 0 Å². The molecule has 2 nitrogen and oxygen atoms in total. The second-order valence-electron chi connectivity index (χ2n) is 12.5. The van der Waals surface area contributed by atoms with E-state index in [0.29, 0.717) is 5.58 Å². The smallest absolute Gasteiger partial charge is 0.216 e. The molecule has 0 unspecified atom stereocenters. The van der Waals surface area contributed by atoms with Crippen LogP contribution in [0.25, 0.3) is 44.1 Å². The summed E-state index contributed by atoms with van der Waals surface area (Å²) in [6.07, 6.45) is 0. The van der Waals surface area contributed by atoms with Crippen molar-refractivity contribution >= 4 is 59.4 Å². The molecular formula is C31H37FNOSi2+. The number of rotatable bonds is 3. The molecule has 0 fully saturated rings. The van der Waals surface area contributed by atoms with Crippen molar-refractivity contribution in [3.63, 3.8) is 0 Å². The lowest BCUT2D eigenvalue weighted by Gasteiger charge is -2.24. The van der Waals surface area contributed by atoms with Gasteiger partial charge in [0.2, 0.25) is 11.2 Å². The van der Waals surface area contributed by atoms with Crippen LogP contribution in [0.15, 0.2) is 46.9 Å². The van der Waals surface area contributed by atoms with Crippen molar-refractivity contribution in [1.82, 2.24) is 0 Å². The molecule has 5 rings (SSSR count). The summed E-state index contributed by atoms with van der Waals surface area (Å²) >= 11 is 0. The third kappa shape index (κ3) is 3.84. The van der Waals surface area contributed by atoms with Gasteiger partial charge in [-0.2, -0.15) is 4.57 Å². The lowest BCUT2D eigenvalue weighted by Crippen LogP contribution is -2.46. The van der Waals surface area contributed by atoms with E-state index in [1.165, 1.54) is 50.1 Å². The normalized spacial score (nSPS) is 12.9. The predicted octanol–water partition coefficient (Wildman–Crippen LogP) is 7.39. The first kappa shape index (κ1) is 24.9. The van der Waals surface area contributed by atoms with Gasteiger partial charge in [-0.3, -0.25) is 0 Å². The number of furan rings is 1. The molecular weight excluding hydrogens is 478 g/mol. The second kappa shape index (κ2) is 8.12. The summed E-state index contributed by atoms with van der Waals surface area (Å²) < 4.78 is 22.8. The van der Waals surface area contributed by atoms with Crippen molar-refractivity contribution in [1.29, 1.82) is 0 Å². The van der Waals surface area contributed by atoms with Gasteiger partial charge in [-0.15, -0.1) is 0 Å². The van der Waals surface area contributed by atoms with E-state index >= 15 is 0 Å². The first-order valence-electron chi connectivity index (χ1n) is 12.8. The van der Waals surface area contributed by atoms with Gasteiger partial charge >= 0.3 is 0 Å². The van der Waals surface area contributed by atoms with Gasteiger partial charge in [0.1, 0.15) is 24.0 Å². The number of nitrogens with zero attached hydrogens (tertiary/aromatic N) is 1. The summed E-state index contributed by atoms with van der Waals surface area (Å²) in [5.41, 5.74) is 8.76. The Morgan fingerprint density at radius 1 is 0.722 bits per heavy atom. The minimum atomic E-state index is -1.70. The maximum absolute atomic E-state index is 14.1. The predicted molar refractivity (Wildman–Crippen MR) is 158 cm³/mol. The largest absolute Gasteiger partial charge is 0.455 e. The van der Waals surface area contributed by atoms with Crippen LogP contribution in [0.1, 0.15) is 16.7 Å². The van der Waals surface area contributed by atoms with Crippen LogP contribution < -0.4 is 14.9 Å². The molecule has 0 saturated heterocycles. The molecule has 0 amide bonds. The topological polar surface area (TPSA) is 17.0 Å². The molecule has 0 aliphatic rings. The number of aryl methyl sites for hydroxylation is 3. The molecule has 186 valence electrons. The molecule has 3 aromatic carbocycles. The quantitative estimate of drug-likeness (QED) is 0.181. The number of aromatic nitrogens is 1. The minimum Gasteiger partial charge on any atom is -0.455 e. The van der Waals surface area contributed by atoms with Crippen molar-refractivity contribution in [2.24, 2.45) is 7.05 Å². The van der Waals surface area contributed by atoms with Gasteiger partial charge in [0.05, 0.1) is 21.7 Å². The maximum Gasteiger partial charge on any atom is 0.216 e. The van der Waals surface area contributed by atoms with E-state index in [2.05, 4.69) is 95.9 Å². The third-order valence-electron chi connectivity index (χ3n) is 7.75. The number of halogens is 1. The van der Waals surface area contributed by atoms with E-state index in [-0.39, 0.29) is 5.82 Å². The van der Waals surface area contributed by atoms with Crippen molar-refractivity contribution in [2.45, 2.75) is 60.1 Å². The van der Waals surface area contributed by atoms with Crippen LogP contribution in [-0.4, -0.2) is 16.1 Å². The fraction of sp³-hybridized carbons (Fsp3) is 0.323. The van der Waals surface area contributed by atoms with E-state index < -0.39 is 16.1 Å². The fourth-order valence-corrected chi connectivity index (χ4v) is 9.13. The molecule has 0 spiro atoms. The molecule has 0 aliphatic carbocycles. The third-order valence-corrected chi connectivity index (χ3v) is 11.9. The SMILES string of the molecule is Cc1cc2c(cc1[Si](C)(C)C)c([Si](C)(C)C)cc(-c1c(C)c(C)cc3c1oc1cc(F)ccc13)[n+]2C. The molecule has 0 aliphatic heterocycles. The average Bonchev–Trinajstić information content (AvgIpc) is 3.10. The van der Waals surface area contributed by atoms with Gasteiger partial charge in [0.25, 0.3) is 0 Å². The number of hydrogen-bond acceptors (Lipinski definition) is 1. The van der Waals surface area contributed by atoms with Crippen LogP contribution >= 0.6 is 0 Å². The van der Waals surface area contributed by atoms with Crippen LogP contribution in [0.3, 0.4) is 0 Å². The van der Waals surface area contributed by atoms with Crippen LogP contribution in [0.2, 0.25) is 39.3 Å². The zero-order valence-electron chi connectivity index (χ0n) is 23.3. The molecule has 0 bridgehead atoms. The Morgan fingerprint density at radius 3 is 2.03 bits per heavy atom. The Bertz CT molecular complexity index is 1700. The van der Waals surface area contributed by atoms with Gasteiger partial charge in [0, 0.05) is 34.4 Å². The van der Waals surface area contributed by atoms with Crippen molar-refractivity contribution in [3.05, 3.63) is 65.0 Å². The molecule has 0 N–H and O–H groups in total. The van der Waals surface area contributed by atoms with E-state index in [1.54, 1.807) is 0 Å². The van der Waals surface area contributed by atoms with Gasteiger partial charge in [-0.25, -0.2) is 4.39 Å². The Labute approximate surface area is 215 Å². The van der Waals surface area contributed by atoms with Crippen LogP contribution in [-0.2, 0) is 7.05 Å². The Morgan fingerprint density at radius 2 is 1.39 bits per heavy atom. The van der Waals surface area contributed by atoms with Crippen molar-refractivity contribution < 1.29 is 13.4 Å². The highest BCUT2D eigenvalue weighted by Gasteiger charge is 2.31. The summed E-state index contributed by atoms with van der Waals surface area (Å²) in [5.74, 6) is -0.275. The first-order chi connectivity index (χ1) is 16.7. The number of fused-ring (bicyclic) bond motifs is 4. The zero-order chi connectivity index (χ0) is 26.3. The molecule has 5 aromatic rings. The van der Waals surface area contributed by atoms with Crippen LogP contribution in [0, 0.1) is 26.6 Å². The van der Waals surface area contributed by atoms with Crippen LogP contribution in [0.4, 0.5) is 4.39 Å². The van der Waals surface area contributed by atoms with Gasteiger partial charge in [-0.1, -0.05) is 44.5 Å². The number of benzene rings is 3. The maximum atomic E-state index is 14.1. The van der Waals surface area contributed by atoms with E-state index in [4.69, 9.17) is 4.42 Å². The van der Waals surface area contributed by atoms with Gasteiger partial charge in [0.15, 0.2) is 0 Å². The highest BCUT2D eigenvalue weighted by atomic mass is 28.3. The zero-order valence-corrected chi connectivity index (χ0v) is 25.3. The lowest BCUT2D eigenvalue weighted by atomic mass is 9.95. The first-order valence-corrected chi connectivity index (χ1v) is 19.8. The molecule has 5 heteroatoms. The van der Waals surface area contributed by atoms with Crippen molar-refractivity contribution in [3.8, 4) is 11.3 Å². The molecule has 2 aromatic heterocycles. The summed E-state index contributed by atoms with van der Waals surface area (Å²) in [5, 5.41) is 6.40. The number of hydrogen-bond donors (Lipinski definition) is 0. The summed E-state index contributed by atoms with van der Waals surface area (Å²) in [4.78, 5) is 0. The molecule has 0 saturated carbocycles. The lowest BCUT2D eigenvalue weighted by molar-refractivity contribution is -0.633. The van der Waals surface area contributed by atoms with E-state index in [9.17, 15) is 4.39 Å². The fourth-order valence-electron chi connectivity index (χ4n) is 5.72. The number of pyridine rings is 1. The molecule has 0 atom stereocenters. The summed E-state index contributed by atoms with van der Waals surface area (Å²) in [6.45, 7) is 21.2. The Hall–Kier alpha value is -2.77. The summed E-state index contributed by atoms with van der Waals surface area (Å²) in [6, 6.07) is 14.4. The average molecular weight is 515 g/mol. The minimum absolute atomic E-state index is 0.275. The molecule has 2 heterocycles. The van der Waals surface area contributed by atoms with E-state index in [0.717, 1.165) is 27.6 Å². The molecule has 36 heavy (non-hydrogen) atoms. The Balaban J connectivity index is 1.96. The summed E-state index contributed by atoms with van der Waals surface area (Å²) in [7, 11) is -1.01. The van der Waals surface area contributed by atoms with Gasteiger partial charge < -0.3 is 4.42 Å². The standard InChI is InChI=1S/C31H37FNOSi2/c1-18-13-23-22-12-11-21(32)15-27(22)34-31(23)30(20(18)3)26-17-29(36(8,9)10)24-16-28(35(5,6)7)19(2)14-25(24)33(26)4/h11-17H,1-10H3/q+1. The van der Waals surface area contributed by atoms with Gasteiger partial charge in [-0.05, 0) is 66.9 Å². The monoisotopic (exact) mass is 514 g/mol. The highest BCUT2D eigenvalue weighted by molar-refractivity contribution is 6.91. The highest BCUT2D eigenvalue weighted by Crippen LogP contribution is 2.39. The van der Waals surface area contributed by atoms with E-state index in [1.807, 2.05) is 6.07 Å².